The fraction of sp³-hybridized carbons (Fsp3) is 0.842. The predicted molar refractivity (Wildman–Crippen MR) is 181 cm³/mol. The van der Waals surface area contributed by atoms with E-state index < -0.39 is 8.07 Å². The van der Waals surface area contributed by atoms with E-state index in [0.717, 1.165) is 49.9 Å². The van der Waals surface area contributed by atoms with Crippen molar-refractivity contribution in [2.45, 2.75) is 142 Å². The third-order valence-electron chi connectivity index (χ3n) is 11.7. The van der Waals surface area contributed by atoms with E-state index in [1.165, 1.54) is 102 Å². The monoisotopic (exact) mass is 598 g/mol. The van der Waals surface area contributed by atoms with Gasteiger partial charge in [0.1, 0.15) is 0 Å². The van der Waals surface area contributed by atoms with Gasteiger partial charge in [-0.3, -0.25) is 0 Å². The van der Waals surface area contributed by atoms with Gasteiger partial charge in [0.15, 0.2) is 0 Å². The Labute approximate surface area is 260 Å². The van der Waals surface area contributed by atoms with Crippen molar-refractivity contribution < 1.29 is 14.6 Å². The molecule has 3 nitrogen and oxygen atoms in total. The molecular formula is C38H66O3Si. The molecule has 1 unspecified atom stereocenters. The lowest BCUT2D eigenvalue weighted by molar-refractivity contribution is -0.156. The fourth-order valence-corrected chi connectivity index (χ4v) is 11.1. The van der Waals surface area contributed by atoms with Crippen LogP contribution in [0, 0.1) is 29.1 Å². The molecule has 1 heterocycles. The van der Waals surface area contributed by atoms with E-state index >= 15 is 0 Å². The summed E-state index contributed by atoms with van der Waals surface area (Å²) in [6.45, 7) is 13.0. The maximum Gasteiger partial charge on any atom is 0.0806 e. The minimum Gasteiger partial charge on any atom is -0.396 e. The highest BCUT2D eigenvalue weighted by Gasteiger charge is 2.38. The van der Waals surface area contributed by atoms with E-state index in [1.54, 1.807) is 10.8 Å². The van der Waals surface area contributed by atoms with E-state index in [9.17, 15) is 5.11 Å². The first-order valence-electron chi connectivity index (χ1n) is 18.2. The first-order chi connectivity index (χ1) is 20.4. The van der Waals surface area contributed by atoms with Gasteiger partial charge < -0.3 is 14.6 Å². The lowest BCUT2D eigenvalue weighted by Crippen LogP contribution is -2.46. The van der Waals surface area contributed by atoms with Gasteiger partial charge in [0.25, 0.3) is 0 Å². The third kappa shape index (κ3) is 9.91. The van der Waals surface area contributed by atoms with Gasteiger partial charge in [-0.1, -0.05) is 114 Å². The van der Waals surface area contributed by atoms with Crippen LogP contribution in [0.2, 0.25) is 19.1 Å². The number of ether oxygens (including phenoxy) is 2. The molecule has 1 aromatic rings. The van der Waals surface area contributed by atoms with Crippen molar-refractivity contribution in [1.82, 2.24) is 0 Å². The largest absolute Gasteiger partial charge is 0.396 e. The number of rotatable bonds is 18. The van der Waals surface area contributed by atoms with Crippen LogP contribution in [-0.4, -0.2) is 46.2 Å². The zero-order chi connectivity index (χ0) is 29.8. The minimum absolute atomic E-state index is 0.233. The van der Waals surface area contributed by atoms with Crippen molar-refractivity contribution in [2.75, 3.05) is 33.0 Å². The van der Waals surface area contributed by atoms with Crippen LogP contribution in [0.4, 0.5) is 0 Å². The van der Waals surface area contributed by atoms with Crippen LogP contribution in [-0.2, 0) is 9.47 Å². The SMILES string of the molecule is CCCCCC1CCC(C2CCC(c3ccc([Si](C)(C)CCCC(CO)COCC4(CCC)COC4)cc3)CC2)CC1. The average Bonchev–Trinajstić information content (AvgIpc) is 2.99. The number of unbranched alkanes of at least 4 members (excludes halogenated alkanes) is 2. The van der Waals surface area contributed by atoms with Crippen LogP contribution in [0.15, 0.2) is 24.3 Å². The highest BCUT2D eigenvalue weighted by Crippen LogP contribution is 2.44. The van der Waals surface area contributed by atoms with Crippen LogP contribution in [0.3, 0.4) is 0 Å². The molecule has 2 aliphatic carbocycles. The molecule has 42 heavy (non-hydrogen) atoms. The van der Waals surface area contributed by atoms with Crippen molar-refractivity contribution in [1.29, 1.82) is 0 Å². The van der Waals surface area contributed by atoms with E-state index in [1.807, 2.05) is 0 Å². The Balaban J connectivity index is 1.15. The molecule has 3 fully saturated rings. The van der Waals surface area contributed by atoms with E-state index in [4.69, 9.17) is 9.47 Å². The van der Waals surface area contributed by atoms with Crippen LogP contribution >= 0.6 is 0 Å². The van der Waals surface area contributed by atoms with E-state index in [0.29, 0.717) is 6.61 Å². The summed E-state index contributed by atoms with van der Waals surface area (Å²) in [4.78, 5) is 0. The topological polar surface area (TPSA) is 38.7 Å². The van der Waals surface area contributed by atoms with Gasteiger partial charge in [-0.15, -0.1) is 0 Å². The summed E-state index contributed by atoms with van der Waals surface area (Å²) in [7, 11) is -1.49. The summed E-state index contributed by atoms with van der Waals surface area (Å²) >= 11 is 0. The maximum absolute atomic E-state index is 9.97. The van der Waals surface area contributed by atoms with Gasteiger partial charge in [0, 0.05) is 17.9 Å². The molecule has 2 saturated carbocycles. The Kier molecular flexibility index (Phi) is 13.9. The van der Waals surface area contributed by atoms with Crippen molar-refractivity contribution in [3.05, 3.63) is 29.8 Å². The maximum atomic E-state index is 9.97. The quantitative estimate of drug-likeness (QED) is 0.135. The summed E-state index contributed by atoms with van der Waals surface area (Å²) in [6, 6.07) is 11.2. The molecule has 0 amide bonds. The molecule has 0 bridgehead atoms. The number of hydrogen-bond acceptors (Lipinski definition) is 3. The van der Waals surface area contributed by atoms with Gasteiger partial charge in [-0.25, -0.2) is 0 Å². The van der Waals surface area contributed by atoms with Crippen molar-refractivity contribution in [3.63, 3.8) is 0 Å². The summed E-state index contributed by atoms with van der Waals surface area (Å²) in [6.07, 6.45) is 22.1. The second kappa shape index (κ2) is 17.1. The summed E-state index contributed by atoms with van der Waals surface area (Å²) in [5.41, 5.74) is 1.83. The van der Waals surface area contributed by atoms with Gasteiger partial charge in [-0.05, 0) is 80.6 Å². The standard InChI is InChI=1S/C38H66O3Si/c1-5-7-8-10-31-12-14-33(15-13-31)34-16-18-35(19-17-34)36-20-22-37(23-21-36)42(3,4)25-9-11-32(26-39)27-40-28-38(24-6-2)29-41-30-38/h20-23,31-35,39H,5-19,24-30H2,1-4H3. The van der Waals surface area contributed by atoms with Crippen LogP contribution in [0.5, 0.6) is 0 Å². The first-order valence-corrected chi connectivity index (χ1v) is 21.5. The fourth-order valence-electron chi connectivity index (χ4n) is 8.63. The lowest BCUT2D eigenvalue weighted by atomic mass is 9.68. The van der Waals surface area contributed by atoms with E-state index in [2.05, 4.69) is 51.2 Å². The molecular weight excluding hydrogens is 533 g/mol. The Morgan fingerprint density at radius 1 is 0.881 bits per heavy atom. The number of benzene rings is 1. The summed E-state index contributed by atoms with van der Waals surface area (Å²) in [5, 5.41) is 11.6. The van der Waals surface area contributed by atoms with Crippen LogP contribution in [0.25, 0.3) is 0 Å². The molecule has 0 spiro atoms. The molecule has 1 aromatic carbocycles. The third-order valence-corrected chi connectivity index (χ3v) is 15.2. The Hall–Kier alpha value is -0.683. The number of aliphatic hydroxyl groups excluding tert-OH is 1. The second-order valence-electron chi connectivity index (χ2n) is 15.6. The van der Waals surface area contributed by atoms with Crippen molar-refractivity contribution >= 4 is 13.3 Å². The highest BCUT2D eigenvalue weighted by atomic mass is 28.3. The highest BCUT2D eigenvalue weighted by molar-refractivity contribution is 6.89. The number of aliphatic hydroxyl groups is 1. The number of hydrogen-bond donors (Lipinski definition) is 1. The molecule has 4 heteroatoms. The first kappa shape index (κ1) is 34.2. The molecule has 1 N–H and O–H groups in total. The molecule has 3 aliphatic rings. The average molecular weight is 599 g/mol. The molecule has 4 rings (SSSR count). The minimum atomic E-state index is -1.49. The van der Waals surface area contributed by atoms with Crippen molar-refractivity contribution in [3.8, 4) is 0 Å². The van der Waals surface area contributed by atoms with Crippen LogP contribution < -0.4 is 5.19 Å². The molecule has 1 saturated heterocycles. The summed E-state index contributed by atoms with van der Waals surface area (Å²) < 4.78 is 11.6. The smallest absolute Gasteiger partial charge is 0.0806 e. The van der Waals surface area contributed by atoms with Gasteiger partial charge in [0.05, 0.1) is 34.5 Å². The van der Waals surface area contributed by atoms with Gasteiger partial charge in [-0.2, -0.15) is 0 Å². The van der Waals surface area contributed by atoms with Gasteiger partial charge >= 0.3 is 0 Å². The Bertz CT molecular complexity index is 863. The molecule has 1 aliphatic heterocycles. The van der Waals surface area contributed by atoms with Crippen LogP contribution in [0.1, 0.15) is 128 Å². The zero-order valence-electron chi connectivity index (χ0n) is 28.0. The molecule has 0 radical (unpaired) electrons. The lowest BCUT2D eigenvalue weighted by Gasteiger charge is -2.41. The Morgan fingerprint density at radius 3 is 2.12 bits per heavy atom. The normalized spacial score (nSPS) is 27.0. The molecule has 0 aromatic heterocycles. The van der Waals surface area contributed by atoms with Gasteiger partial charge in [0.2, 0.25) is 0 Å². The van der Waals surface area contributed by atoms with Crippen molar-refractivity contribution in [2.24, 2.45) is 29.1 Å². The predicted octanol–water partition coefficient (Wildman–Crippen LogP) is 9.48. The second-order valence-corrected chi connectivity index (χ2v) is 20.4. The summed E-state index contributed by atoms with van der Waals surface area (Å²) in [5.74, 6) is 4.10. The van der Waals surface area contributed by atoms with E-state index in [-0.39, 0.29) is 17.9 Å². The zero-order valence-corrected chi connectivity index (χ0v) is 29.0. The molecule has 1 atom stereocenters. The Morgan fingerprint density at radius 2 is 1.55 bits per heavy atom. The molecule has 240 valence electrons.